The Morgan fingerprint density at radius 3 is 2.19 bits per heavy atom. The molecule has 0 saturated carbocycles. The Bertz CT molecular complexity index is 852. The van der Waals surface area contributed by atoms with Gasteiger partial charge in [0.15, 0.2) is 0 Å². The SMILES string of the molecule is CCCCC[C@H](F)[C@@H](F)C(=O)Nc1ccc(CCc2ccc(C(F)(F)F)cc2)cc1N. The Hall–Kier alpha value is -2.64. The molecular weight excluding hydrogens is 415 g/mol. The lowest BCUT2D eigenvalue weighted by Gasteiger charge is -2.15. The zero-order valence-corrected chi connectivity index (χ0v) is 17.3. The standard InChI is InChI=1S/C23H27F5N2O/c1-2-3-4-5-18(24)21(25)22(31)30-20-13-10-16(14-19(20)29)7-6-15-8-11-17(12-9-15)23(26,27)28/h8-14,18,21H,2-7,29H2,1H3,(H,30,31)/t18-,21+/m0/s1. The van der Waals surface area contributed by atoms with Crippen LogP contribution in [0.3, 0.4) is 0 Å². The number of carbonyl (C=O) groups is 1. The Labute approximate surface area is 178 Å². The highest BCUT2D eigenvalue weighted by Crippen LogP contribution is 2.29. The number of anilines is 2. The van der Waals surface area contributed by atoms with E-state index in [2.05, 4.69) is 5.32 Å². The van der Waals surface area contributed by atoms with Crippen LogP contribution in [-0.4, -0.2) is 18.3 Å². The largest absolute Gasteiger partial charge is 0.416 e. The second kappa shape index (κ2) is 11.1. The maximum Gasteiger partial charge on any atom is 0.416 e. The molecule has 2 aromatic carbocycles. The number of hydrogen-bond acceptors (Lipinski definition) is 2. The van der Waals surface area contributed by atoms with Gasteiger partial charge in [0.1, 0.15) is 6.17 Å². The van der Waals surface area contributed by atoms with Crippen molar-refractivity contribution in [1.82, 2.24) is 0 Å². The van der Waals surface area contributed by atoms with Crippen LogP contribution in [0.5, 0.6) is 0 Å². The summed E-state index contributed by atoms with van der Waals surface area (Å²) in [5, 5.41) is 2.32. The van der Waals surface area contributed by atoms with E-state index in [1.54, 1.807) is 12.1 Å². The summed E-state index contributed by atoms with van der Waals surface area (Å²) in [6.07, 6.45) is -5.35. The molecule has 2 rings (SSSR count). The molecule has 1 amide bonds. The summed E-state index contributed by atoms with van der Waals surface area (Å²) in [5.41, 5.74) is 7.15. The molecule has 0 spiro atoms. The predicted octanol–water partition coefficient (Wildman–Crippen LogP) is 6.27. The van der Waals surface area contributed by atoms with Crippen LogP contribution in [0.25, 0.3) is 0 Å². The molecule has 0 saturated heterocycles. The maximum atomic E-state index is 14.0. The quantitative estimate of drug-likeness (QED) is 0.259. The Balaban J connectivity index is 1.91. The van der Waals surface area contributed by atoms with Gasteiger partial charge in [0, 0.05) is 0 Å². The van der Waals surface area contributed by atoms with Gasteiger partial charge < -0.3 is 11.1 Å². The van der Waals surface area contributed by atoms with Crippen molar-refractivity contribution in [3.8, 4) is 0 Å². The van der Waals surface area contributed by atoms with E-state index in [1.807, 2.05) is 6.92 Å². The number of nitrogen functional groups attached to an aromatic ring is 1. The number of benzene rings is 2. The number of hydrogen-bond donors (Lipinski definition) is 2. The summed E-state index contributed by atoms with van der Waals surface area (Å²) in [7, 11) is 0. The Kier molecular flexibility index (Phi) is 8.83. The van der Waals surface area contributed by atoms with Gasteiger partial charge in [0.2, 0.25) is 6.17 Å². The van der Waals surface area contributed by atoms with Crippen molar-refractivity contribution in [3.05, 3.63) is 59.2 Å². The van der Waals surface area contributed by atoms with Gasteiger partial charge in [-0.2, -0.15) is 13.2 Å². The lowest BCUT2D eigenvalue weighted by molar-refractivity contribution is -0.137. The fourth-order valence-electron chi connectivity index (χ4n) is 3.13. The van der Waals surface area contributed by atoms with Crippen molar-refractivity contribution in [2.45, 2.75) is 64.0 Å². The lowest BCUT2D eigenvalue weighted by atomic mass is 10.0. The molecule has 2 aromatic rings. The predicted molar refractivity (Wildman–Crippen MR) is 112 cm³/mol. The number of alkyl halides is 5. The average molecular weight is 442 g/mol. The molecule has 0 aromatic heterocycles. The van der Waals surface area contributed by atoms with Crippen LogP contribution in [0.1, 0.15) is 49.3 Å². The summed E-state index contributed by atoms with van der Waals surface area (Å²) in [6.45, 7) is 1.95. The maximum absolute atomic E-state index is 14.0. The van der Waals surface area contributed by atoms with Crippen LogP contribution in [0.4, 0.5) is 33.3 Å². The average Bonchev–Trinajstić information content (AvgIpc) is 2.73. The van der Waals surface area contributed by atoms with E-state index in [9.17, 15) is 26.7 Å². The number of unbranched alkanes of at least 4 members (excludes halogenated alkanes) is 2. The number of rotatable bonds is 10. The van der Waals surface area contributed by atoms with Crippen LogP contribution in [0, 0.1) is 0 Å². The number of nitrogens with two attached hydrogens (primary N) is 1. The molecule has 3 N–H and O–H groups in total. The number of carbonyl (C=O) groups excluding carboxylic acids is 1. The molecule has 0 aliphatic heterocycles. The molecule has 3 nitrogen and oxygen atoms in total. The molecule has 0 bridgehead atoms. The summed E-state index contributed by atoms with van der Waals surface area (Å²) in [5.74, 6) is -1.08. The molecule has 0 aliphatic rings. The summed E-state index contributed by atoms with van der Waals surface area (Å²) in [4.78, 5) is 12.0. The van der Waals surface area contributed by atoms with Crippen molar-refractivity contribution < 1.29 is 26.7 Å². The van der Waals surface area contributed by atoms with Gasteiger partial charge in [0.25, 0.3) is 5.91 Å². The molecule has 0 heterocycles. The minimum Gasteiger partial charge on any atom is -0.397 e. The first kappa shape index (κ1) is 24.6. The van der Waals surface area contributed by atoms with Crippen molar-refractivity contribution in [3.63, 3.8) is 0 Å². The highest BCUT2D eigenvalue weighted by Gasteiger charge is 2.30. The van der Waals surface area contributed by atoms with Gasteiger partial charge in [-0.3, -0.25) is 4.79 Å². The van der Waals surface area contributed by atoms with Crippen molar-refractivity contribution in [1.29, 1.82) is 0 Å². The van der Waals surface area contributed by atoms with Crippen molar-refractivity contribution in [2.75, 3.05) is 11.1 Å². The Morgan fingerprint density at radius 2 is 1.61 bits per heavy atom. The fourth-order valence-corrected chi connectivity index (χ4v) is 3.13. The van der Waals surface area contributed by atoms with Crippen LogP contribution in [0.15, 0.2) is 42.5 Å². The zero-order chi connectivity index (χ0) is 23.0. The van der Waals surface area contributed by atoms with E-state index < -0.39 is 30.0 Å². The van der Waals surface area contributed by atoms with E-state index in [4.69, 9.17) is 5.73 Å². The normalized spacial score (nSPS) is 13.6. The van der Waals surface area contributed by atoms with Crippen LogP contribution < -0.4 is 11.1 Å². The Morgan fingerprint density at radius 1 is 1.00 bits per heavy atom. The van der Waals surface area contributed by atoms with Gasteiger partial charge >= 0.3 is 6.18 Å². The summed E-state index contributed by atoms with van der Waals surface area (Å²) in [6, 6.07) is 9.71. The minimum atomic E-state index is -4.37. The topological polar surface area (TPSA) is 55.1 Å². The first-order valence-corrected chi connectivity index (χ1v) is 10.3. The fraction of sp³-hybridized carbons (Fsp3) is 0.435. The molecule has 0 radical (unpaired) electrons. The van der Waals surface area contributed by atoms with Crippen LogP contribution in [-0.2, 0) is 23.8 Å². The van der Waals surface area contributed by atoms with Crippen LogP contribution in [0.2, 0.25) is 0 Å². The van der Waals surface area contributed by atoms with E-state index in [0.29, 0.717) is 19.3 Å². The highest BCUT2D eigenvalue weighted by molar-refractivity contribution is 5.97. The zero-order valence-electron chi connectivity index (χ0n) is 17.3. The summed E-state index contributed by atoms with van der Waals surface area (Å²) < 4.78 is 65.7. The third-order valence-electron chi connectivity index (χ3n) is 5.01. The number of amides is 1. The van der Waals surface area contributed by atoms with E-state index >= 15 is 0 Å². The molecule has 170 valence electrons. The first-order valence-electron chi connectivity index (χ1n) is 10.3. The third-order valence-corrected chi connectivity index (χ3v) is 5.01. The molecule has 8 heteroatoms. The highest BCUT2D eigenvalue weighted by atomic mass is 19.4. The molecule has 2 atom stereocenters. The van der Waals surface area contributed by atoms with Gasteiger partial charge in [-0.25, -0.2) is 8.78 Å². The smallest absolute Gasteiger partial charge is 0.397 e. The molecule has 0 fully saturated rings. The van der Waals surface area contributed by atoms with Gasteiger partial charge in [-0.05, 0) is 54.7 Å². The van der Waals surface area contributed by atoms with E-state index in [-0.39, 0.29) is 17.8 Å². The number of aryl methyl sites for hydroxylation is 2. The van der Waals surface area contributed by atoms with Crippen LogP contribution >= 0.6 is 0 Å². The number of halogens is 5. The molecule has 31 heavy (non-hydrogen) atoms. The molecule has 0 aliphatic carbocycles. The number of nitrogens with one attached hydrogen (secondary N) is 1. The van der Waals surface area contributed by atoms with Gasteiger partial charge in [0.05, 0.1) is 16.9 Å². The van der Waals surface area contributed by atoms with Gasteiger partial charge in [-0.1, -0.05) is 44.4 Å². The minimum absolute atomic E-state index is 0.0131. The monoisotopic (exact) mass is 442 g/mol. The second-order valence-electron chi connectivity index (χ2n) is 7.52. The lowest BCUT2D eigenvalue weighted by Crippen LogP contribution is -2.32. The van der Waals surface area contributed by atoms with E-state index in [0.717, 1.165) is 36.1 Å². The van der Waals surface area contributed by atoms with Crippen molar-refractivity contribution in [2.24, 2.45) is 0 Å². The van der Waals surface area contributed by atoms with E-state index in [1.165, 1.54) is 18.2 Å². The molecular formula is C23H27F5N2O. The summed E-state index contributed by atoms with van der Waals surface area (Å²) >= 11 is 0. The van der Waals surface area contributed by atoms with Crippen molar-refractivity contribution >= 4 is 17.3 Å². The molecule has 0 unspecified atom stereocenters. The van der Waals surface area contributed by atoms with Gasteiger partial charge in [-0.15, -0.1) is 0 Å². The first-order chi connectivity index (χ1) is 14.6. The second-order valence-corrected chi connectivity index (χ2v) is 7.52. The third kappa shape index (κ3) is 7.52.